The summed E-state index contributed by atoms with van der Waals surface area (Å²) in [6.07, 6.45) is 2.96. The van der Waals surface area contributed by atoms with Crippen molar-refractivity contribution < 1.29 is 9.36 Å². The molecule has 0 saturated heterocycles. The number of nitrogens with zero attached hydrogens (tertiary/aromatic N) is 2. The summed E-state index contributed by atoms with van der Waals surface area (Å²) in [5.74, 6) is -0.0777. The van der Waals surface area contributed by atoms with Gasteiger partial charge in [0.1, 0.15) is 0 Å². The second-order valence-electron chi connectivity index (χ2n) is 5.29. The summed E-state index contributed by atoms with van der Waals surface area (Å²) in [4.78, 5) is 12.4. The van der Waals surface area contributed by atoms with Gasteiger partial charge in [-0.3, -0.25) is 4.79 Å². The van der Waals surface area contributed by atoms with E-state index in [2.05, 4.69) is 24.4 Å². The van der Waals surface area contributed by atoms with Crippen molar-refractivity contribution in [2.45, 2.75) is 33.2 Å². The summed E-state index contributed by atoms with van der Waals surface area (Å²) >= 11 is 0. The fraction of sp³-hybridized carbons (Fsp3) is 0.278. The lowest BCUT2D eigenvalue weighted by Crippen LogP contribution is -2.47. The highest BCUT2D eigenvalue weighted by molar-refractivity contribution is 5.92. The normalized spacial score (nSPS) is 11.5. The van der Waals surface area contributed by atoms with Gasteiger partial charge in [0.2, 0.25) is 6.04 Å². The van der Waals surface area contributed by atoms with Gasteiger partial charge in [-0.05, 0) is 36.8 Å². The first-order valence-electron chi connectivity index (χ1n) is 7.37. The molecule has 0 aliphatic carbocycles. The molecule has 4 nitrogen and oxygen atoms in total. The molecule has 4 heteroatoms. The predicted octanol–water partition coefficient (Wildman–Crippen LogP) is 2.92. The van der Waals surface area contributed by atoms with E-state index in [-0.39, 0.29) is 11.9 Å². The highest BCUT2D eigenvalue weighted by atomic mass is 16.2. The molecular formula is C18H20N3O+. The van der Waals surface area contributed by atoms with Gasteiger partial charge >= 0.3 is 0 Å². The maximum absolute atomic E-state index is 12.4. The summed E-state index contributed by atoms with van der Waals surface area (Å²) in [5.41, 5.74) is 3.51. The average molecular weight is 294 g/mol. The van der Waals surface area contributed by atoms with Gasteiger partial charge in [0.15, 0.2) is 11.9 Å². The van der Waals surface area contributed by atoms with E-state index >= 15 is 0 Å². The lowest BCUT2D eigenvalue weighted by atomic mass is 10.1. The molecule has 1 amide bonds. The van der Waals surface area contributed by atoms with Crippen molar-refractivity contribution in [1.82, 2.24) is 0 Å². The largest absolute Gasteiger partial charge is 0.320 e. The minimum atomic E-state index is -0.304. The summed E-state index contributed by atoms with van der Waals surface area (Å²) in [6.45, 7) is 5.97. The number of carbonyl (C=O) groups excluding carboxylic acids is 1. The topological polar surface area (TPSA) is 56.8 Å². The molecule has 0 saturated carbocycles. The molecule has 0 spiro atoms. The van der Waals surface area contributed by atoms with Gasteiger partial charge < -0.3 is 5.32 Å². The van der Waals surface area contributed by atoms with Gasteiger partial charge in [0, 0.05) is 31.2 Å². The van der Waals surface area contributed by atoms with Crippen molar-refractivity contribution >= 4 is 11.6 Å². The van der Waals surface area contributed by atoms with Crippen LogP contribution in [-0.2, 0) is 11.2 Å². The molecule has 112 valence electrons. The van der Waals surface area contributed by atoms with Crippen LogP contribution in [0.4, 0.5) is 5.69 Å². The Balaban J connectivity index is 2.16. The number of amides is 1. The molecule has 0 unspecified atom stereocenters. The Morgan fingerprint density at radius 2 is 1.95 bits per heavy atom. The van der Waals surface area contributed by atoms with Crippen LogP contribution in [0.15, 0.2) is 42.6 Å². The van der Waals surface area contributed by atoms with E-state index in [4.69, 9.17) is 5.26 Å². The molecule has 0 aliphatic heterocycles. The van der Waals surface area contributed by atoms with E-state index in [9.17, 15) is 4.79 Å². The molecule has 2 aromatic rings. The van der Waals surface area contributed by atoms with Crippen molar-refractivity contribution in [1.29, 1.82) is 5.26 Å². The van der Waals surface area contributed by atoms with Crippen LogP contribution in [0.3, 0.4) is 0 Å². The molecule has 1 N–H and O–H groups in total. The van der Waals surface area contributed by atoms with Crippen LogP contribution < -0.4 is 9.88 Å². The first-order valence-corrected chi connectivity index (χ1v) is 7.37. The molecule has 0 radical (unpaired) electrons. The third kappa shape index (κ3) is 3.50. The Bertz CT molecular complexity index is 714. The second kappa shape index (κ2) is 6.86. The number of rotatable bonds is 4. The maximum Gasteiger partial charge on any atom is 0.293 e. The quantitative estimate of drug-likeness (QED) is 0.881. The van der Waals surface area contributed by atoms with Gasteiger partial charge in [0.25, 0.3) is 5.91 Å². The highest BCUT2D eigenvalue weighted by Crippen LogP contribution is 2.11. The number of nitrogens with one attached hydrogen (secondary N) is 1. The molecule has 1 heterocycles. The summed E-state index contributed by atoms with van der Waals surface area (Å²) < 4.78 is 1.98. The van der Waals surface area contributed by atoms with Crippen molar-refractivity contribution in [3.05, 3.63) is 59.4 Å². The zero-order chi connectivity index (χ0) is 16.1. The zero-order valence-electron chi connectivity index (χ0n) is 13.1. The van der Waals surface area contributed by atoms with Gasteiger partial charge in [-0.1, -0.05) is 6.92 Å². The van der Waals surface area contributed by atoms with Crippen LogP contribution >= 0.6 is 0 Å². The van der Waals surface area contributed by atoms with Crippen molar-refractivity contribution in [2.75, 3.05) is 5.32 Å². The van der Waals surface area contributed by atoms with Gasteiger partial charge in [-0.15, -0.1) is 0 Å². The van der Waals surface area contributed by atoms with Gasteiger partial charge in [0.05, 0.1) is 11.6 Å². The Morgan fingerprint density at radius 1 is 1.27 bits per heavy atom. The Hall–Kier alpha value is -2.67. The van der Waals surface area contributed by atoms with Crippen molar-refractivity contribution in [3.63, 3.8) is 0 Å². The lowest BCUT2D eigenvalue weighted by molar-refractivity contribution is -0.711. The molecule has 0 aliphatic rings. The fourth-order valence-corrected chi connectivity index (χ4v) is 2.26. The number of hydrogen-bond donors (Lipinski definition) is 1. The van der Waals surface area contributed by atoms with Crippen LogP contribution in [-0.4, -0.2) is 5.91 Å². The summed E-state index contributed by atoms with van der Waals surface area (Å²) in [5, 5.41) is 11.7. The fourth-order valence-electron chi connectivity index (χ4n) is 2.26. The summed E-state index contributed by atoms with van der Waals surface area (Å²) in [7, 11) is 0. The van der Waals surface area contributed by atoms with Crippen LogP contribution in [0.5, 0.6) is 0 Å². The number of pyridine rings is 1. The molecule has 1 aromatic heterocycles. The minimum absolute atomic E-state index is 0.0777. The number of hydrogen-bond acceptors (Lipinski definition) is 2. The third-order valence-corrected chi connectivity index (χ3v) is 3.74. The van der Waals surface area contributed by atoms with E-state index in [1.807, 2.05) is 30.7 Å². The van der Waals surface area contributed by atoms with Crippen molar-refractivity contribution in [3.8, 4) is 6.07 Å². The number of nitriles is 1. The third-order valence-electron chi connectivity index (χ3n) is 3.74. The molecule has 0 fully saturated rings. The van der Waals surface area contributed by atoms with E-state index < -0.39 is 0 Å². The SMILES string of the molecule is CCc1ccc(C)[n+]([C@@H](C)C(=O)Nc2ccc(C#N)cc2)c1. The van der Waals surface area contributed by atoms with E-state index in [0.29, 0.717) is 11.3 Å². The monoisotopic (exact) mass is 294 g/mol. The molecular weight excluding hydrogens is 274 g/mol. The van der Waals surface area contributed by atoms with Crippen LogP contribution in [0.25, 0.3) is 0 Å². The first kappa shape index (κ1) is 15.7. The van der Waals surface area contributed by atoms with Crippen LogP contribution in [0.1, 0.15) is 36.7 Å². The standard InChI is InChI=1S/C18H19N3O/c1-4-15-6-5-13(2)21(12-15)14(3)18(22)20-17-9-7-16(11-19)8-10-17/h5-10,12,14H,4H2,1-3H3/p+1/t14-/m0/s1. The Morgan fingerprint density at radius 3 is 2.55 bits per heavy atom. The average Bonchev–Trinajstić information content (AvgIpc) is 2.55. The zero-order valence-corrected chi connectivity index (χ0v) is 13.1. The lowest BCUT2D eigenvalue weighted by Gasteiger charge is -2.11. The predicted molar refractivity (Wildman–Crippen MR) is 85.2 cm³/mol. The number of carbonyl (C=O) groups is 1. The molecule has 2 rings (SSSR count). The Kier molecular flexibility index (Phi) is 4.90. The molecule has 1 atom stereocenters. The van der Waals surface area contributed by atoms with Gasteiger partial charge in [-0.25, -0.2) is 0 Å². The van der Waals surface area contributed by atoms with E-state index in [0.717, 1.165) is 12.1 Å². The number of aromatic nitrogens is 1. The number of benzene rings is 1. The van der Waals surface area contributed by atoms with Crippen LogP contribution in [0.2, 0.25) is 0 Å². The highest BCUT2D eigenvalue weighted by Gasteiger charge is 2.24. The van der Waals surface area contributed by atoms with Crippen LogP contribution in [0, 0.1) is 18.3 Å². The van der Waals surface area contributed by atoms with E-state index in [1.54, 1.807) is 24.3 Å². The van der Waals surface area contributed by atoms with Gasteiger partial charge in [-0.2, -0.15) is 9.83 Å². The molecule has 22 heavy (non-hydrogen) atoms. The van der Waals surface area contributed by atoms with E-state index in [1.165, 1.54) is 5.56 Å². The maximum atomic E-state index is 12.4. The second-order valence-corrected chi connectivity index (χ2v) is 5.29. The summed E-state index contributed by atoms with van der Waals surface area (Å²) in [6, 6.07) is 12.7. The number of aryl methyl sites for hydroxylation is 2. The number of anilines is 1. The minimum Gasteiger partial charge on any atom is -0.320 e. The first-order chi connectivity index (χ1) is 10.5. The molecule has 0 bridgehead atoms. The van der Waals surface area contributed by atoms with Crippen molar-refractivity contribution in [2.24, 2.45) is 0 Å². The smallest absolute Gasteiger partial charge is 0.293 e. The molecule has 1 aromatic carbocycles. The Labute approximate surface area is 131 Å².